The first-order valence-electron chi connectivity index (χ1n) is 8.66. The maximum absolute atomic E-state index is 5.93. The highest BCUT2D eigenvalue weighted by molar-refractivity contribution is 6.05. The minimum absolute atomic E-state index is 0.0439. The first-order chi connectivity index (χ1) is 12.1. The van der Waals surface area contributed by atoms with Crippen molar-refractivity contribution >= 4 is 11.8 Å². The molecule has 128 valence electrons. The van der Waals surface area contributed by atoms with Crippen LogP contribution >= 0.6 is 0 Å². The minimum Gasteiger partial charge on any atom is -0.478 e. The summed E-state index contributed by atoms with van der Waals surface area (Å²) in [6.45, 7) is 5.26. The quantitative estimate of drug-likeness (QED) is 0.834. The SMILES string of the molecule is CC(C)(C1=NC(c2ccccc2)CO1)C1=N[C@@H](c2ccccc2)CO1. The van der Waals surface area contributed by atoms with E-state index in [-0.39, 0.29) is 12.1 Å². The molecule has 0 bridgehead atoms. The Morgan fingerprint density at radius 1 is 0.720 bits per heavy atom. The third kappa shape index (κ3) is 3.04. The summed E-state index contributed by atoms with van der Waals surface area (Å²) in [6.07, 6.45) is 0. The van der Waals surface area contributed by atoms with Gasteiger partial charge >= 0.3 is 0 Å². The highest BCUT2D eigenvalue weighted by atomic mass is 16.5. The van der Waals surface area contributed by atoms with Gasteiger partial charge in [0.15, 0.2) is 11.8 Å². The smallest absolute Gasteiger partial charge is 0.199 e. The molecule has 25 heavy (non-hydrogen) atoms. The molecule has 2 aliphatic heterocycles. The van der Waals surface area contributed by atoms with Crippen LogP contribution < -0.4 is 0 Å². The number of nitrogens with zero attached hydrogens (tertiary/aromatic N) is 2. The zero-order valence-corrected chi connectivity index (χ0v) is 14.6. The number of hydrogen-bond acceptors (Lipinski definition) is 4. The van der Waals surface area contributed by atoms with Gasteiger partial charge in [0.25, 0.3) is 0 Å². The van der Waals surface area contributed by atoms with Crippen LogP contribution in [0.5, 0.6) is 0 Å². The lowest BCUT2D eigenvalue weighted by molar-refractivity contribution is 0.265. The fraction of sp³-hybridized carbons (Fsp3) is 0.333. The molecule has 0 spiro atoms. The third-order valence-corrected chi connectivity index (χ3v) is 4.74. The van der Waals surface area contributed by atoms with E-state index in [0.717, 1.165) is 0 Å². The van der Waals surface area contributed by atoms with Crippen molar-refractivity contribution in [3.05, 3.63) is 71.8 Å². The Hall–Kier alpha value is -2.62. The van der Waals surface area contributed by atoms with E-state index in [1.807, 2.05) is 36.4 Å². The van der Waals surface area contributed by atoms with Crippen LogP contribution in [-0.2, 0) is 9.47 Å². The average molecular weight is 334 g/mol. The predicted octanol–water partition coefficient (Wildman–Crippen LogP) is 4.35. The fourth-order valence-corrected chi connectivity index (χ4v) is 3.21. The molecule has 0 saturated heterocycles. The summed E-state index contributed by atoms with van der Waals surface area (Å²) in [7, 11) is 0. The highest BCUT2D eigenvalue weighted by Gasteiger charge is 2.41. The van der Waals surface area contributed by atoms with Gasteiger partial charge in [0.05, 0.1) is 0 Å². The molecule has 0 aromatic heterocycles. The van der Waals surface area contributed by atoms with Gasteiger partial charge in [-0.2, -0.15) is 0 Å². The van der Waals surface area contributed by atoms with Crippen molar-refractivity contribution in [1.82, 2.24) is 0 Å². The lowest BCUT2D eigenvalue weighted by Crippen LogP contribution is -2.34. The minimum atomic E-state index is -0.465. The van der Waals surface area contributed by atoms with Crippen LogP contribution in [0.1, 0.15) is 37.1 Å². The van der Waals surface area contributed by atoms with Crippen LogP contribution in [0.3, 0.4) is 0 Å². The van der Waals surface area contributed by atoms with Gasteiger partial charge in [-0.1, -0.05) is 60.7 Å². The van der Waals surface area contributed by atoms with Gasteiger partial charge in [-0.05, 0) is 25.0 Å². The Kier molecular flexibility index (Phi) is 4.04. The van der Waals surface area contributed by atoms with Crippen molar-refractivity contribution in [1.29, 1.82) is 0 Å². The van der Waals surface area contributed by atoms with E-state index in [1.54, 1.807) is 0 Å². The Morgan fingerprint density at radius 2 is 1.12 bits per heavy atom. The molecule has 2 aromatic rings. The maximum Gasteiger partial charge on any atom is 0.199 e. The fourth-order valence-electron chi connectivity index (χ4n) is 3.21. The molecule has 2 atom stereocenters. The van der Waals surface area contributed by atoms with E-state index in [2.05, 4.69) is 38.1 Å². The van der Waals surface area contributed by atoms with Gasteiger partial charge in [-0.3, -0.25) is 0 Å². The molecular formula is C21H22N2O2. The van der Waals surface area contributed by atoms with Crippen molar-refractivity contribution in [2.24, 2.45) is 15.4 Å². The summed E-state index contributed by atoms with van der Waals surface area (Å²) in [5.41, 5.74) is 1.88. The van der Waals surface area contributed by atoms with Crippen LogP contribution in [-0.4, -0.2) is 25.0 Å². The molecule has 0 radical (unpaired) electrons. The Bertz CT molecular complexity index is 730. The molecule has 0 aliphatic carbocycles. The molecular weight excluding hydrogens is 312 g/mol. The largest absolute Gasteiger partial charge is 0.478 e. The van der Waals surface area contributed by atoms with Crippen LogP contribution in [0.15, 0.2) is 70.6 Å². The predicted molar refractivity (Wildman–Crippen MR) is 98.9 cm³/mol. The highest BCUT2D eigenvalue weighted by Crippen LogP contribution is 2.35. The van der Waals surface area contributed by atoms with Crippen molar-refractivity contribution in [3.8, 4) is 0 Å². The topological polar surface area (TPSA) is 43.2 Å². The zero-order valence-electron chi connectivity index (χ0n) is 14.6. The summed E-state index contributed by atoms with van der Waals surface area (Å²) in [5.74, 6) is 1.41. The molecule has 0 fully saturated rings. The van der Waals surface area contributed by atoms with Crippen molar-refractivity contribution < 1.29 is 9.47 Å². The van der Waals surface area contributed by atoms with E-state index in [1.165, 1.54) is 11.1 Å². The monoisotopic (exact) mass is 334 g/mol. The Balaban J connectivity index is 1.56. The second-order valence-electron chi connectivity index (χ2n) is 6.97. The van der Waals surface area contributed by atoms with E-state index >= 15 is 0 Å². The summed E-state index contributed by atoms with van der Waals surface area (Å²) < 4.78 is 11.9. The number of benzene rings is 2. The van der Waals surface area contributed by atoms with Crippen molar-refractivity contribution in [2.45, 2.75) is 25.9 Å². The van der Waals surface area contributed by atoms with Gasteiger partial charge in [0.2, 0.25) is 0 Å². The first-order valence-corrected chi connectivity index (χ1v) is 8.66. The first kappa shape index (κ1) is 15.9. The second kappa shape index (κ2) is 6.36. The van der Waals surface area contributed by atoms with Crippen LogP contribution in [0.25, 0.3) is 0 Å². The number of ether oxygens (including phenoxy) is 2. The van der Waals surface area contributed by atoms with Crippen molar-refractivity contribution in [2.75, 3.05) is 13.2 Å². The van der Waals surface area contributed by atoms with E-state index in [9.17, 15) is 0 Å². The molecule has 4 nitrogen and oxygen atoms in total. The standard InChI is InChI=1S/C21H22N2O2/c1-21(2,19-22-17(13-24-19)15-9-5-3-6-10-15)20-23-18(14-25-20)16-11-7-4-8-12-16/h3-12,17-18H,13-14H2,1-2H3/t17-,18?/m1/s1. The number of rotatable bonds is 4. The molecule has 4 rings (SSSR count). The molecule has 2 heterocycles. The Morgan fingerprint density at radius 3 is 1.52 bits per heavy atom. The average Bonchev–Trinajstić information content (AvgIpc) is 3.34. The number of hydrogen-bond donors (Lipinski definition) is 0. The zero-order chi connectivity index (χ0) is 17.3. The van der Waals surface area contributed by atoms with Crippen LogP contribution in [0.4, 0.5) is 0 Å². The van der Waals surface area contributed by atoms with Gasteiger partial charge in [-0.15, -0.1) is 0 Å². The maximum atomic E-state index is 5.93. The van der Waals surface area contributed by atoms with Gasteiger partial charge in [0, 0.05) is 0 Å². The molecule has 0 saturated carbocycles. The van der Waals surface area contributed by atoms with Gasteiger partial charge < -0.3 is 9.47 Å². The van der Waals surface area contributed by atoms with E-state index in [4.69, 9.17) is 19.5 Å². The van der Waals surface area contributed by atoms with Crippen LogP contribution in [0.2, 0.25) is 0 Å². The second-order valence-corrected chi connectivity index (χ2v) is 6.97. The molecule has 2 aromatic carbocycles. The van der Waals surface area contributed by atoms with E-state index < -0.39 is 5.41 Å². The lowest BCUT2D eigenvalue weighted by Gasteiger charge is -2.22. The molecule has 0 amide bonds. The van der Waals surface area contributed by atoms with Gasteiger partial charge in [-0.25, -0.2) is 9.98 Å². The molecule has 1 unspecified atom stereocenters. The summed E-state index contributed by atoms with van der Waals surface area (Å²) in [5, 5.41) is 0. The third-order valence-electron chi connectivity index (χ3n) is 4.74. The summed E-state index contributed by atoms with van der Waals surface area (Å²) in [6, 6.07) is 20.6. The van der Waals surface area contributed by atoms with Crippen LogP contribution in [0, 0.1) is 5.41 Å². The van der Waals surface area contributed by atoms with E-state index in [0.29, 0.717) is 25.0 Å². The van der Waals surface area contributed by atoms with Gasteiger partial charge in [0.1, 0.15) is 30.7 Å². The lowest BCUT2D eigenvalue weighted by atomic mass is 9.93. The normalized spacial score (nSPS) is 22.8. The Labute approximate surface area is 148 Å². The molecule has 0 N–H and O–H groups in total. The van der Waals surface area contributed by atoms with Crippen molar-refractivity contribution in [3.63, 3.8) is 0 Å². The molecule has 4 heteroatoms. The summed E-state index contributed by atoms with van der Waals surface area (Å²) >= 11 is 0. The number of aliphatic imine (C=N–C) groups is 2. The summed E-state index contributed by atoms with van der Waals surface area (Å²) in [4.78, 5) is 9.61. The molecule has 2 aliphatic rings.